The molecule has 0 aromatic heterocycles. The molecule has 1 aromatic carbocycles. The molecule has 0 aliphatic rings. The topological polar surface area (TPSA) is 58.6 Å². The number of benzene rings is 1. The summed E-state index contributed by atoms with van der Waals surface area (Å²) in [5, 5.41) is 11.5. The number of nitrogens with one attached hydrogen (secondary N) is 1. The lowest BCUT2D eigenvalue weighted by atomic mass is 10.3. The third-order valence-electron chi connectivity index (χ3n) is 1.49. The molecule has 0 radical (unpaired) electrons. The zero-order valence-corrected chi connectivity index (χ0v) is 10.0. The van der Waals surface area contributed by atoms with E-state index >= 15 is 0 Å². The maximum atomic E-state index is 11.1. The van der Waals surface area contributed by atoms with E-state index in [1.165, 1.54) is 0 Å². The van der Waals surface area contributed by atoms with Crippen LogP contribution in [0.5, 0.6) is 0 Å². The first kappa shape index (κ1) is 12.3. The summed E-state index contributed by atoms with van der Waals surface area (Å²) in [6.45, 7) is -0.230. The Morgan fingerprint density at radius 1 is 1.60 bits per heavy atom. The second-order valence-corrected chi connectivity index (χ2v) is 3.90. The number of halogens is 2. The van der Waals surface area contributed by atoms with Crippen LogP contribution in [-0.2, 0) is 4.74 Å². The van der Waals surface area contributed by atoms with Crippen molar-refractivity contribution in [2.45, 2.75) is 0 Å². The minimum atomic E-state index is -0.618. The standard InChI is InChI=1S/C9H9BrClNO3/c10-7-5-6(11)1-2-8(7)12-9(14)15-4-3-13/h1-2,5,13H,3-4H2,(H,12,14). The smallest absolute Gasteiger partial charge is 0.411 e. The number of hydrogen-bond acceptors (Lipinski definition) is 3. The van der Waals surface area contributed by atoms with Gasteiger partial charge in [-0.3, -0.25) is 5.32 Å². The quantitative estimate of drug-likeness (QED) is 0.901. The van der Waals surface area contributed by atoms with Gasteiger partial charge in [0.25, 0.3) is 0 Å². The Labute approximate surface area is 100 Å². The van der Waals surface area contributed by atoms with Crippen LogP contribution < -0.4 is 5.32 Å². The molecule has 2 N–H and O–H groups in total. The third kappa shape index (κ3) is 4.07. The summed E-state index contributed by atoms with van der Waals surface area (Å²) in [6, 6.07) is 4.95. The van der Waals surface area contributed by atoms with Crippen LogP contribution in [0.2, 0.25) is 5.02 Å². The Bertz CT molecular complexity index is 359. The van der Waals surface area contributed by atoms with Crippen molar-refractivity contribution in [2.75, 3.05) is 18.5 Å². The highest BCUT2D eigenvalue weighted by Crippen LogP contribution is 2.25. The van der Waals surface area contributed by atoms with E-state index in [1.54, 1.807) is 18.2 Å². The molecule has 15 heavy (non-hydrogen) atoms. The molecule has 4 nitrogen and oxygen atoms in total. The number of aliphatic hydroxyl groups is 1. The zero-order chi connectivity index (χ0) is 11.3. The van der Waals surface area contributed by atoms with Crippen LogP contribution in [0.4, 0.5) is 10.5 Å². The number of carbonyl (C=O) groups is 1. The van der Waals surface area contributed by atoms with Crippen molar-refractivity contribution in [3.8, 4) is 0 Å². The molecule has 6 heteroatoms. The fourth-order valence-corrected chi connectivity index (χ4v) is 1.66. The van der Waals surface area contributed by atoms with E-state index < -0.39 is 6.09 Å². The van der Waals surface area contributed by atoms with Gasteiger partial charge in [0.2, 0.25) is 0 Å². The molecule has 1 amide bonds. The van der Waals surface area contributed by atoms with Crippen LogP contribution >= 0.6 is 27.5 Å². The lowest BCUT2D eigenvalue weighted by Crippen LogP contribution is -2.15. The van der Waals surface area contributed by atoms with Gasteiger partial charge in [0.05, 0.1) is 12.3 Å². The molecule has 0 saturated carbocycles. The Hall–Kier alpha value is -0.780. The van der Waals surface area contributed by atoms with Gasteiger partial charge >= 0.3 is 6.09 Å². The lowest BCUT2D eigenvalue weighted by Gasteiger charge is -2.07. The summed E-state index contributed by atoms with van der Waals surface area (Å²) in [6.07, 6.45) is -0.618. The molecular formula is C9H9BrClNO3. The number of aliphatic hydroxyl groups excluding tert-OH is 1. The van der Waals surface area contributed by atoms with Crippen molar-refractivity contribution in [2.24, 2.45) is 0 Å². The average molecular weight is 295 g/mol. The van der Waals surface area contributed by atoms with Crippen molar-refractivity contribution in [3.05, 3.63) is 27.7 Å². The van der Waals surface area contributed by atoms with Crippen LogP contribution in [0, 0.1) is 0 Å². The monoisotopic (exact) mass is 293 g/mol. The van der Waals surface area contributed by atoms with Crippen molar-refractivity contribution in [1.29, 1.82) is 0 Å². The van der Waals surface area contributed by atoms with Gasteiger partial charge in [-0.15, -0.1) is 0 Å². The Morgan fingerprint density at radius 3 is 2.93 bits per heavy atom. The SMILES string of the molecule is O=C(Nc1ccc(Cl)cc1Br)OCCO. The summed E-state index contributed by atoms with van der Waals surface area (Å²) in [7, 11) is 0. The van der Waals surface area contributed by atoms with Crippen molar-refractivity contribution >= 4 is 39.3 Å². The number of carbonyl (C=O) groups excluding carboxylic acids is 1. The van der Waals surface area contributed by atoms with Crippen LogP contribution in [0.25, 0.3) is 0 Å². The number of ether oxygens (including phenoxy) is 1. The number of amides is 1. The molecule has 0 bridgehead atoms. The number of hydrogen-bond donors (Lipinski definition) is 2. The maximum Gasteiger partial charge on any atom is 0.411 e. The number of anilines is 1. The van der Waals surface area contributed by atoms with E-state index in [1.807, 2.05) is 0 Å². The van der Waals surface area contributed by atoms with Gasteiger partial charge in [-0.25, -0.2) is 4.79 Å². The second-order valence-electron chi connectivity index (χ2n) is 2.61. The van der Waals surface area contributed by atoms with Crippen molar-refractivity contribution in [1.82, 2.24) is 0 Å². The summed E-state index contributed by atoms with van der Waals surface area (Å²) in [5.41, 5.74) is 0.558. The van der Waals surface area contributed by atoms with Crippen molar-refractivity contribution in [3.63, 3.8) is 0 Å². The molecule has 0 aliphatic heterocycles. The molecule has 0 atom stereocenters. The second kappa shape index (κ2) is 5.95. The normalized spacial score (nSPS) is 9.80. The fourth-order valence-electron chi connectivity index (χ4n) is 0.875. The van der Waals surface area contributed by atoms with Gasteiger partial charge in [0, 0.05) is 9.50 Å². The molecule has 0 saturated heterocycles. The molecule has 0 heterocycles. The van der Waals surface area contributed by atoms with Gasteiger partial charge in [0.15, 0.2) is 0 Å². The molecule has 82 valence electrons. The largest absolute Gasteiger partial charge is 0.447 e. The fraction of sp³-hybridized carbons (Fsp3) is 0.222. The summed E-state index contributed by atoms with van der Waals surface area (Å²) >= 11 is 8.97. The number of rotatable bonds is 3. The molecule has 1 aromatic rings. The highest BCUT2D eigenvalue weighted by atomic mass is 79.9. The van der Waals surface area contributed by atoms with Crippen LogP contribution in [0.3, 0.4) is 0 Å². The molecule has 0 fully saturated rings. The zero-order valence-electron chi connectivity index (χ0n) is 7.67. The first-order valence-corrected chi connectivity index (χ1v) is 5.30. The van der Waals surface area contributed by atoms with Crippen LogP contribution in [0.1, 0.15) is 0 Å². The summed E-state index contributed by atoms with van der Waals surface area (Å²) < 4.78 is 5.29. The van der Waals surface area contributed by atoms with Crippen LogP contribution in [-0.4, -0.2) is 24.4 Å². The van der Waals surface area contributed by atoms with E-state index in [0.717, 1.165) is 0 Å². The highest BCUT2D eigenvalue weighted by molar-refractivity contribution is 9.10. The van der Waals surface area contributed by atoms with E-state index in [9.17, 15) is 4.79 Å². The van der Waals surface area contributed by atoms with Gasteiger partial charge in [-0.1, -0.05) is 11.6 Å². The third-order valence-corrected chi connectivity index (χ3v) is 2.38. The van der Waals surface area contributed by atoms with Gasteiger partial charge in [-0.05, 0) is 34.1 Å². The van der Waals surface area contributed by atoms with Gasteiger partial charge in [-0.2, -0.15) is 0 Å². The minimum absolute atomic E-state index is 0.0307. The van der Waals surface area contributed by atoms with E-state index in [2.05, 4.69) is 26.0 Å². The van der Waals surface area contributed by atoms with Gasteiger partial charge < -0.3 is 9.84 Å². The summed E-state index contributed by atoms with van der Waals surface area (Å²) in [4.78, 5) is 11.1. The minimum Gasteiger partial charge on any atom is -0.447 e. The van der Waals surface area contributed by atoms with E-state index in [4.69, 9.17) is 16.7 Å². The first-order chi connectivity index (χ1) is 7.13. The Balaban J connectivity index is 2.60. The average Bonchev–Trinajstić information content (AvgIpc) is 2.19. The van der Waals surface area contributed by atoms with E-state index in [0.29, 0.717) is 15.2 Å². The molecule has 0 aliphatic carbocycles. The lowest BCUT2D eigenvalue weighted by molar-refractivity contribution is 0.131. The molecular weight excluding hydrogens is 285 g/mol. The van der Waals surface area contributed by atoms with Crippen molar-refractivity contribution < 1.29 is 14.6 Å². The first-order valence-electron chi connectivity index (χ1n) is 4.13. The molecule has 1 rings (SSSR count). The Morgan fingerprint density at radius 2 is 2.33 bits per heavy atom. The Kier molecular flexibility index (Phi) is 4.87. The van der Waals surface area contributed by atoms with E-state index in [-0.39, 0.29) is 13.2 Å². The molecule has 0 spiro atoms. The maximum absolute atomic E-state index is 11.1. The van der Waals surface area contributed by atoms with Gasteiger partial charge in [0.1, 0.15) is 6.61 Å². The van der Waals surface area contributed by atoms with Crippen LogP contribution in [0.15, 0.2) is 22.7 Å². The summed E-state index contributed by atoms with van der Waals surface area (Å²) in [5.74, 6) is 0. The predicted octanol–water partition coefficient (Wildman–Crippen LogP) is 2.64. The predicted molar refractivity (Wildman–Crippen MR) is 61.2 cm³/mol. The molecule has 0 unspecified atom stereocenters. The highest BCUT2D eigenvalue weighted by Gasteiger charge is 2.06.